The van der Waals surface area contributed by atoms with Gasteiger partial charge in [0.2, 0.25) is 0 Å². The lowest BCUT2D eigenvalue weighted by molar-refractivity contribution is 0.152. The highest BCUT2D eigenvalue weighted by Gasteiger charge is 2.18. The summed E-state index contributed by atoms with van der Waals surface area (Å²) in [4.78, 5) is 11.1. The molecule has 1 N–H and O–H groups in total. The Labute approximate surface area is 102 Å². The van der Waals surface area contributed by atoms with Gasteiger partial charge >= 0.3 is 6.09 Å². The lowest BCUT2D eigenvalue weighted by Gasteiger charge is -2.22. The van der Waals surface area contributed by atoms with Crippen LogP contribution < -0.4 is 5.43 Å². The van der Waals surface area contributed by atoms with E-state index in [4.69, 9.17) is 4.74 Å². The average Bonchev–Trinajstić information content (AvgIpc) is 2.28. The number of nitrogens with one attached hydrogen (secondary N) is 1. The third-order valence-corrected chi connectivity index (χ3v) is 2.86. The van der Waals surface area contributed by atoms with Crippen LogP contribution in [0, 0.1) is 5.92 Å². The summed E-state index contributed by atoms with van der Waals surface area (Å²) in [6, 6.07) is 0. The second-order valence-electron chi connectivity index (χ2n) is 4.26. The van der Waals surface area contributed by atoms with Crippen molar-refractivity contribution < 1.29 is 9.53 Å². The molecule has 0 bridgehead atoms. The van der Waals surface area contributed by atoms with Gasteiger partial charge < -0.3 is 4.74 Å². The SMILES string of the molecule is C=C(C)[C@H]1CC=C(C)/C(=N/NC(=O)OCC)C1. The molecule has 0 saturated heterocycles. The summed E-state index contributed by atoms with van der Waals surface area (Å²) in [7, 11) is 0. The molecule has 1 amide bonds. The Morgan fingerprint density at radius 3 is 3.00 bits per heavy atom. The van der Waals surface area contributed by atoms with Gasteiger partial charge in [0.05, 0.1) is 12.3 Å². The minimum atomic E-state index is -0.509. The number of carbonyl (C=O) groups excluding carboxylic acids is 1. The van der Waals surface area contributed by atoms with Crippen LogP contribution in [0.15, 0.2) is 28.9 Å². The second kappa shape index (κ2) is 6.23. The molecule has 0 unspecified atom stereocenters. The average molecular weight is 236 g/mol. The molecule has 94 valence electrons. The van der Waals surface area contributed by atoms with Crippen molar-refractivity contribution in [2.45, 2.75) is 33.6 Å². The van der Waals surface area contributed by atoms with Crippen LogP contribution in [-0.2, 0) is 4.74 Å². The number of allylic oxidation sites excluding steroid dienone is 3. The third kappa shape index (κ3) is 4.06. The molecule has 1 aliphatic rings. The molecular weight excluding hydrogens is 216 g/mol. The molecule has 0 aromatic heterocycles. The molecule has 1 rings (SSSR count). The molecule has 0 heterocycles. The lowest BCUT2D eigenvalue weighted by Crippen LogP contribution is -2.23. The van der Waals surface area contributed by atoms with Crippen LogP contribution in [0.3, 0.4) is 0 Å². The fourth-order valence-electron chi connectivity index (χ4n) is 1.70. The first-order valence-corrected chi connectivity index (χ1v) is 5.86. The van der Waals surface area contributed by atoms with Crippen molar-refractivity contribution in [3.05, 3.63) is 23.8 Å². The van der Waals surface area contributed by atoms with Gasteiger partial charge in [-0.3, -0.25) is 0 Å². The first kappa shape index (κ1) is 13.5. The predicted molar refractivity (Wildman–Crippen MR) is 68.9 cm³/mol. The van der Waals surface area contributed by atoms with Crippen LogP contribution in [0.1, 0.15) is 33.6 Å². The van der Waals surface area contributed by atoms with Gasteiger partial charge in [0.1, 0.15) is 0 Å². The van der Waals surface area contributed by atoms with Crippen LogP contribution in [0.5, 0.6) is 0 Å². The second-order valence-corrected chi connectivity index (χ2v) is 4.26. The van der Waals surface area contributed by atoms with E-state index < -0.39 is 6.09 Å². The summed E-state index contributed by atoms with van der Waals surface area (Å²) in [5.74, 6) is 0.418. The van der Waals surface area contributed by atoms with Gasteiger partial charge in [-0.15, -0.1) is 0 Å². The van der Waals surface area contributed by atoms with Gasteiger partial charge in [-0.25, -0.2) is 10.2 Å². The Kier molecular flexibility index (Phi) is 4.94. The Morgan fingerprint density at radius 2 is 2.41 bits per heavy atom. The fraction of sp³-hybridized carbons (Fsp3) is 0.538. The molecule has 4 heteroatoms. The quantitative estimate of drug-likeness (QED) is 0.605. The number of amides is 1. The Morgan fingerprint density at radius 1 is 1.71 bits per heavy atom. The molecule has 17 heavy (non-hydrogen) atoms. The van der Waals surface area contributed by atoms with Crippen LogP contribution in [0.4, 0.5) is 4.79 Å². The van der Waals surface area contributed by atoms with Crippen molar-refractivity contribution in [2.75, 3.05) is 6.61 Å². The van der Waals surface area contributed by atoms with E-state index in [0.717, 1.165) is 29.7 Å². The molecule has 0 aromatic rings. The molecule has 4 nitrogen and oxygen atoms in total. The monoisotopic (exact) mass is 236 g/mol. The van der Waals surface area contributed by atoms with E-state index in [0.29, 0.717) is 12.5 Å². The summed E-state index contributed by atoms with van der Waals surface area (Å²) < 4.78 is 4.75. The van der Waals surface area contributed by atoms with E-state index in [-0.39, 0.29) is 0 Å². The summed E-state index contributed by atoms with van der Waals surface area (Å²) in [5, 5.41) is 4.10. The lowest BCUT2D eigenvalue weighted by atomic mass is 9.85. The molecule has 1 aliphatic carbocycles. The van der Waals surface area contributed by atoms with E-state index in [9.17, 15) is 4.79 Å². The third-order valence-electron chi connectivity index (χ3n) is 2.86. The van der Waals surface area contributed by atoms with Crippen molar-refractivity contribution in [1.82, 2.24) is 5.43 Å². The van der Waals surface area contributed by atoms with Crippen molar-refractivity contribution in [3.8, 4) is 0 Å². The molecule has 0 radical (unpaired) electrons. The summed E-state index contributed by atoms with van der Waals surface area (Å²) in [6.45, 7) is 10.1. The normalized spacial score (nSPS) is 21.9. The number of nitrogens with zero attached hydrogens (tertiary/aromatic N) is 1. The van der Waals surface area contributed by atoms with Gasteiger partial charge in [-0.05, 0) is 45.1 Å². The minimum Gasteiger partial charge on any atom is -0.449 e. The van der Waals surface area contributed by atoms with E-state index in [1.807, 2.05) is 13.8 Å². The number of rotatable bonds is 3. The molecule has 0 saturated carbocycles. The van der Waals surface area contributed by atoms with Gasteiger partial charge in [0, 0.05) is 0 Å². The largest absolute Gasteiger partial charge is 0.449 e. The smallest absolute Gasteiger partial charge is 0.427 e. The van der Waals surface area contributed by atoms with Crippen LogP contribution >= 0.6 is 0 Å². The number of ether oxygens (including phenoxy) is 1. The molecule has 0 aromatic carbocycles. The zero-order valence-corrected chi connectivity index (χ0v) is 10.7. The Balaban J connectivity index is 2.65. The highest BCUT2D eigenvalue weighted by Crippen LogP contribution is 2.26. The van der Waals surface area contributed by atoms with Crippen molar-refractivity contribution >= 4 is 11.8 Å². The number of hydrogen-bond acceptors (Lipinski definition) is 3. The molecule has 0 aliphatic heterocycles. The van der Waals surface area contributed by atoms with E-state index >= 15 is 0 Å². The highest BCUT2D eigenvalue weighted by atomic mass is 16.5. The van der Waals surface area contributed by atoms with E-state index in [1.54, 1.807) is 6.92 Å². The zero-order valence-electron chi connectivity index (χ0n) is 10.7. The van der Waals surface area contributed by atoms with E-state index in [1.165, 1.54) is 0 Å². The van der Waals surface area contributed by atoms with Crippen LogP contribution in [0.2, 0.25) is 0 Å². The van der Waals surface area contributed by atoms with Crippen molar-refractivity contribution in [2.24, 2.45) is 11.0 Å². The van der Waals surface area contributed by atoms with Gasteiger partial charge in [0.25, 0.3) is 0 Å². The van der Waals surface area contributed by atoms with Crippen LogP contribution in [-0.4, -0.2) is 18.4 Å². The molecule has 1 atom stereocenters. The number of hydrogen-bond donors (Lipinski definition) is 1. The first-order valence-electron chi connectivity index (χ1n) is 5.86. The maximum Gasteiger partial charge on any atom is 0.427 e. The first-order chi connectivity index (χ1) is 8.04. The maximum atomic E-state index is 11.1. The van der Waals surface area contributed by atoms with Gasteiger partial charge in [-0.1, -0.05) is 18.2 Å². The van der Waals surface area contributed by atoms with Crippen molar-refractivity contribution in [3.63, 3.8) is 0 Å². The fourth-order valence-corrected chi connectivity index (χ4v) is 1.70. The van der Waals surface area contributed by atoms with Gasteiger partial charge in [-0.2, -0.15) is 5.10 Å². The molecule has 0 fully saturated rings. The zero-order chi connectivity index (χ0) is 12.8. The summed E-state index contributed by atoms with van der Waals surface area (Å²) >= 11 is 0. The Bertz CT molecular complexity index is 370. The topological polar surface area (TPSA) is 50.7 Å². The standard InChI is InChI=1S/C13H20N2O2/c1-5-17-13(16)15-14-12-8-11(9(2)3)7-6-10(12)4/h6,11H,2,5,7-8H2,1,3-4H3,(H,15,16)/b14-12+/t11-/m0/s1. The summed E-state index contributed by atoms with van der Waals surface area (Å²) in [5.41, 5.74) is 5.56. The predicted octanol–water partition coefficient (Wildman–Crippen LogP) is 3.02. The number of carbonyl (C=O) groups is 1. The summed E-state index contributed by atoms with van der Waals surface area (Å²) in [6.07, 6.45) is 3.45. The minimum absolute atomic E-state index is 0.347. The molecule has 0 spiro atoms. The van der Waals surface area contributed by atoms with Crippen LogP contribution in [0.25, 0.3) is 0 Å². The highest BCUT2D eigenvalue weighted by molar-refractivity contribution is 6.01. The van der Waals surface area contributed by atoms with E-state index in [2.05, 4.69) is 23.2 Å². The Hall–Kier alpha value is -1.58. The number of hydrazone groups is 1. The van der Waals surface area contributed by atoms with Gasteiger partial charge in [0.15, 0.2) is 0 Å². The molecular formula is C13H20N2O2. The maximum absolute atomic E-state index is 11.1. The van der Waals surface area contributed by atoms with Crippen molar-refractivity contribution in [1.29, 1.82) is 0 Å².